The van der Waals surface area contributed by atoms with Gasteiger partial charge in [-0.3, -0.25) is 0 Å². The Balaban J connectivity index is 2.57. The molecule has 1 aromatic heterocycles. The highest BCUT2D eigenvalue weighted by atomic mass is 35.5. The van der Waals surface area contributed by atoms with Gasteiger partial charge in [-0.1, -0.05) is 23.2 Å². The summed E-state index contributed by atoms with van der Waals surface area (Å²) in [5.41, 5.74) is 2.67. The molecule has 0 spiro atoms. The first-order valence-electron chi connectivity index (χ1n) is 5.55. The van der Waals surface area contributed by atoms with Crippen molar-refractivity contribution in [1.82, 2.24) is 9.78 Å². The van der Waals surface area contributed by atoms with Crippen molar-refractivity contribution in [1.29, 1.82) is 0 Å². The maximum Gasteiger partial charge on any atom is 0.339 e. The van der Waals surface area contributed by atoms with Crippen LogP contribution in [-0.4, -0.2) is 22.9 Å². The lowest BCUT2D eigenvalue weighted by atomic mass is 10.2. The van der Waals surface area contributed by atoms with Crippen LogP contribution >= 0.6 is 23.2 Å². The van der Waals surface area contributed by atoms with E-state index in [1.54, 1.807) is 22.9 Å². The third-order valence-corrected chi connectivity index (χ3v) is 3.66. The molecule has 19 heavy (non-hydrogen) atoms. The predicted molar refractivity (Wildman–Crippen MR) is 74.4 cm³/mol. The van der Waals surface area contributed by atoms with E-state index in [0.717, 1.165) is 11.3 Å². The summed E-state index contributed by atoms with van der Waals surface area (Å²) in [5, 5.41) is 5.16. The fourth-order valence-corrected chi connectivity index (χ4v) is 2.13. The molecule has 0 atom stereocenters. The number of halogens is 2. The van der Waals surface area contributed by atoms with Gasteiger partial charge < -0.3 is 4.74 Å². The van der Waals surface area contributed by atoms with Gasteiger partial charge in [-0.2, -0.15) is 5.10 Å². The summed E-state index contributed by atoms with van der Waals surface area (Å²) < 4.78 is 6.25. The highest BCUT2D eigenvalue weighted by molar-refractivity contribution is 6.33. The molecule has 0 N–H and O–H groups in total. The number of carbonyl (C=O) groups excluding carboxylic acids is 1. The molecule has 0 aliphatic rings. The second-order valence-electron chi connectivity index (χ2n) is 4.07. The van der Waals surface area contributed by atoms with E-state index in [-0.39, 0.29) is 5.56 Å². The zero-order valence-corrected chi connectivity index (χ0v) is 12.2. The minimum atomic E-state index is -0.497. The van der Waals surface area contributed by atoms with E-state index in [0.29, 0.717) is 15.9 Å². The zero-order valence-electron chi connectivity index (χ0n) is 10.7. The molecule has 2 rings (SSSR count). The number of ether oxygens (including phenoxy) is 1. The molecule has 4 nitrogen and oxygen atoms in total. The van der Waals surface area contributed by atoms with Crippen molar-refractivity contribution in [2.45, 2.75) is 13.8 Å². The van der Waals surface area contributed by atoms with Crippen molar-refractivity contribution in [2.24, 2.45) is 0 Å². The number of carbonyl (C=O) groups is 1. The van der Waals surface area contributed by atoms with Crippen molar-refractivity contribution in [2.75, 3.05) is 7.11 Å². The van der Waals surface area contributed by atoms with Gasteiger partial charge in [-0.05, 0) is 32.0 Å². The normalized spacial score (nSPS) is 10.6. The molecule has 0 aliphatic carbocycles. The summed E-state index contributed by atoms with van der Waals surface area (Å²) >= 11 is 12.2. The average molecular weight is 299 g/mol. The van der Waals surface area contributed by atoms with Crippen molar-refractivity contribution in [3.05, 3.63) is 45.2 Å². The molecule has 0 bridgehead atoms. The zero-order chi connectivity index (χ0) is 14.2. The molecule has 1 heterocycles. The standard InChI is InChI=1S/C13H12Cl2N2O2/c1-7-8(2)16-17(12(7)15)9-4-5-11(14)10(6-9)13(18)19-3/h4-6H,1-3H3. The minimum Gasteiger partial charge on any atom is -0.465 e. The Bertz CT molecular complexity index is 650. The molecule has 0 unspecified atom stereocenters. The molecule has 2 aromatic rings. The van der Waals surface area contributed by atoms with E-state index in [1.165, 1.54) is 7.11 Å². The number of methoxy groups -OCH3 is 1. The summed E-state index contributed by atoms with van der Waals surface area (Å²) in [5.74, 6) is -0.497. The second-order valence-corrected chi connectivity index (χ2v) is 4.83. The fourth-order valence-electron chi connectivity index (χ4n) is 1.66. The number of aromatic nitrogens is 2. The number of nitrogens with zero attached hydrogens (tertiary/aromatic N) is 2. The Morgan fingerprint density at radius 3 is 2.53 bits per heavy atom. The number of aryl methyl sites for hydroxylation is 1. The van der Waals surface area contributed by atoms with Gasteiger partial charge in [0.1, 0.15) is 5.15 Å². The van der Waals surface area contributed by atoms with Crippen LogP contribution in [0.4, 0.5) is 0 Å². The molecule has 1 aromatic carbocycles. The van der Waals surface area contributed by atoms with Crippen LogP contribution in [0.2, 0.25) is 10.2 Å². The van der Waals surface area contributed by atoms with Crippen LogP contribution in [-0.2, 0) is 4.74 Å². The van der Waals surface area contributed by atoms with E-state index in [1.807, 2.05) is 13.8 Å². The number of esters is 1. The Kier molecular flexibility index (Phi) is 3.83. The van der Waals surface area contributed by atoms with Crippen LogP contribution in [0.15, 0.2) is 18.2 Å². The lowest BCUT2D eigenvalue weighted by Gasteiger charge is -2.07. The molecule has 0 fully saturated rings. The number of benzene rings is 1. The second kappa shape index (κ2) is 5.23. The van der Waals surface area contributed by atoms with Crippen molar-refractivity contribution in [3.63, 3.8) is 0 Å². The van der Waals surface area contributed by atoms with E-state index in [2.05, 4.69) is 9.84 Å². The Hall–Kier alpha value is -1.52. The van der Waals surface area contributed by atoms with Gasteiger partial charge in [0.25, 0.3) is 0 Å². The van der Waals surface area contributed by atoms with Crippen LogP contribution < -0.4 is 0 Å². The maximum absolute atomic E-state index is 11.6. The highest BCUT2D eigenvalue weighted by Gasteiger charge is 2.15. The van der Waals surface area contributed by atoms with Crippen molar-refractivity contribution < 1.29 is 9.53 Å². The molecule has 0 saturated heterocycles. The molecular formula is C13H12Cl2N2O2. The molecule has 100 valence electrons. The third kappa shape index (κ3) is 2.46. The molecule has 0 saturated carbocycles. The van der Waals surface area contributed by atoms with Gasteiger partial charge in [-0.15, -0.1) is 0 Å². The van der Waals surface area contributed by atoms with E-state index in [4.69, 9.17) is 23.2 Å². The van der Waals surface area contributed by atoms with Crippen LogP contribution in [0.25, 0.3) is 5.69 Å². The quantitative estimate of drug-likeness (QED) is 0.796. The first-order chi connectivity index (χ1) is 8.95. The van der Waals surface area contributed by atoms with Crippen LogP contribution in [0.3, 0.4) is 0 Å². The van der Waals surface area contributed by atoms with Crippen molar-refractivity contribution in [3.8, 4) is 5.69 Å². The molecule has 0 radical (unpaired) electrons. The largest absolute Gasteiger partial charge is 0.465 e. The first-order valence-corrected chi connectivity index (χ1v) is 6.31. The third-order valence-electron chi connectivity index (χ3n) is 2.89. The Labute approximate surface area is 120 Å². The smallest absolute Gasteiger partial charge is 0.339 e. The molecule has 0 aliphatic heterocycles. The number of hydrogen-bond donors (Lipinski definition) is 0. The van der Waals surface area contributed by atoms with Crippen molar-refractivity contribution >= 4 is 29.2 Å². The number of rotatable bonds is 2. The summed E-state index contributed by atoms with van der Waals surface area (Å²) in [6, 6.07) is 4.96. The van der Waals surface area contributed by atoms with E-state index < -0.39 is 5.97 Å². The van der Waals surface area contributed by atoms with Gasteiger partial charge in [0, 0.05) is 5.56 Å². The Morgan fingerprint density at radius 2 is 2.00 bits per heavy atom. The average Bonchev–Trinajstić information content (AvgIpc) is 2.66. The topological polar surface area (TPSA) is 44.1 Å². The van der Waals surface area contributed by atoms with Gasteiger partial charge in [0.15, 0.2) is 0 Å². The van der Waals surface area contributed by atoms with Gasteiger partial charge >= 0.3 is 5.97 Å². The summed E-state index contributed by atoms with van der Waals surface area (Å²) in [6.45, 7) is 3.76. The summed E-state index contributed by atoms with van der Waals surface area (Å²) in [7, 11) is 1.31. The molecule has 6 heteroatoms. The van der Waals surface area contributed by atoms with E-state index >= 15 is 0 Å². The van der Waals surface area contributed by atoms with Gasteiger partial charge in [-0.25, -0.2) is 9.48 Å². The predicted octanol–water partition coefficient (Wildman–Crippen LogP) is 3.58. The lowest BCUT2D eigenvalue weighted by Crippen LogP contribution is -2.05. The fraction of sp³-hybridized carbons (Fsp3) is 0.231. The van der Waals surface area contributed by atoms with Crippen LogP contribution in [0.1, 0.15) is 21.6 Å². The van der Waals surface area contributed by atoms with Gasteiger partial charge in [0.2, 0.25) is 0 Å². The summed E-state index contributed by atoms with van der Waals surface area (Å²) in [6.07, 6.45) is 0. The Morgan fingerprint density at radius 1 is 1.32 bits per heavy atom. The molecular weight excluding hydrogens is 287 g/mol. The van der Waals surface area contributed by atoms with Gasteiger partial charge in [0.05, 0.1) is 29.1 Å². The number of hydrogen-bond acceptors (Lipinski definition) is 3. The SMILES string of the molecule is COC(=O)c1cc(-n2nc(C)c(C)c2Cl)ccc1Cl. The molecule has 0 amide bonds. The lowest BCUT2D eigenvalue weighted by molar-refractivity contribution is 0.0601. The monoisotopic (exact) mass is 298 g/mol. The maximum atomic E-state index is 11.6. The van der Waals surface area contributed by atoms with E-state index in [9.17, 15) is 4.79 Å². The summed E-state index contributed by atoms with van der Waals surface area (Å²) in [4.78, 5) is 11.6. The van der Waals surface area contributed by atoms with Crippen LogP contribution in [0, 0.1) is 13.8 Å². The minimum absolute atomic E-state index is 0.281. The first kappa shape index (κ1) is 13.9. The van der Waals surface area contributed by atoms with Crippen LogP contribution in [0.5, 0.6) is 0 Å². The highest BCUT2D eigenvalue weighted by Crippen LogP contribution is 2.25.